The lowest BCUT2D eigenvalue weighted by Gasteiger charge is -2.31. The lowest BCUT2D eigenvalue weighted by molar-refractivity contribution is -0.143. The molecule has 1 unspecified atom stereocenters. The monoisotopic (exact) mass is 517 g/mol. The Morgan fingerprint density at radius 2 is 1.62 bits per heavy atom. The average molecular weight is 518 g/mol. The van der Waals surface area contributed by atoms with Crippen LogP contribution in [0.25, 0.3) is 0 Å². The molecule has 3 aromatic carbocycles. The summed E-state index contributed by atoms with van der Waals surface area (Å²) in [6.45, 7) is -0.0962. The number of carbonyl (C=O) groups excluding carboxylic acids is 2. The Hall–Kier alpha value is -4.23. The molecule has 4 aromatic rings. The summed E-state index contributed by atoms with van der Waals surface area (Å²) in [6.07, 6.45) is 1.65. The van der Waals surface area contributed by atoms with Crippen LogP contribution in [0, 0.1) is 5.82 Å². The molecule has 0 saturated heterocycles. The van der Waals surface area contributed by atoms with Gasteiger partial charge in [0.25, 0.3) is 5.91 Å². The van der Waals surface area contributed by atoms with Crippen molar-refractivity contribution in [3.8, 4) is 5.75 Å². The quantitative estimate of drug-likeness (QED) is 0.308. The highest BCUT2D eigenvalue weighted by Gasteiger charge is 2.32. The number of nitrogens with one attached hydrogen (secondary N) is 1. The Bertz CT molecular complexity index is 1320. The maximum atomic E-state index is 13.6. The number of benzene rings is 3. The van der Waals surface area contributed by atoms with E-state index in [0.29, 0.717) is 27.6 Å². The number of halogens is 2. The van der Waals surface area contributed by atoms with Gasteiger partial charge < -0.3 is 15.0 Å². The fourth-order valence-electron chi connectivity index (χ4n) is 3.78. The predicted molar refractivity (Wildman–Crippen MR) is 139 cm³/mol. The van der Waals surface area contributed by atoms with E-state index in [9.17, 15) is 14.0 Å². The molecule has 0 fully saturated rings. The van der Waals surface area contributed by atoms with Crippen molar-refractivity contribution < 1.29 is 18.7 Å². The van der Waals surface area contributed by atoms with Crippen LogP contribution in [0.2, 0.25) is 5.02 Å². The zero-order valence-corrected chi connectivity index (χ0v) is 20.6. The van der Waals surface area contributed by atoms with Crippen molar-refractivity contribution in [1.82, 2.24) is 15.2 Å². The fraction of sp³-hybridized carbons (Fsp3) is 0.138. The minimum absolute atomic E-state index is 0.0571. The molecule has 0 radical (unpaired) electrons. The van der Waals surface area contributed by atoms with Crippen LogP contribution in [0.15, 0.2) is 103 Å². The van der Waals surface area contributed by atoms with E-state index in [0.717, 1.165) is 0 Å². The highest BCUT2D eigenvalue weighted by Crippen LogP contribution is 2.26. The minimum atomic E-state index is -0.975. The number of nitrogens with zero attached hydrogens (tertiary/aromatic N) is 2. The zero-order chi connectivity index (χ0) is 26.0. The first-order chi connectivity index (χ1) is 18.0. The van der Waals surface area contributed by atoms with Crippen molar-refractivity contribution in [2.75, 3.05) is 6.61 Å². The van der Waals surface area contributed by atoms with E-state index < -0.39 is 17.8 Å². The summed E-state index contributed by atoms with van der Waals surface area (Å²) in [6, 6.07) is 26.1. The largest absolute Gasteiger partial charge is 0.482 e. The van der Waals surface area contributed by atoms with Crippen LogP contribution in [0.5, 0.6) is 5.75 Å². The Kier molecular flexibility index (Phi) is 8.84. The molecule has 37 heavy (non-hydrogen) atoms. The highest BCUT2D eigenvalue weighted by molar-refractivity contribution is 6.32. The van der Waals surface area contributed by atoms with Gasteiger partial charge in [-0.3, -0.25) is 14.6 Å². The van der Waals surface area contributed by atoms with Crippen LogP contribution < -0.4 is 10.1 Å². The van der Waals surface area contributed by atoms with E-state index in [1.54, 1.807) is 79.0 Å². The normalized spacial score (nSPS) is 11.4. The number of hydrogen-bond acceptors (Lipinski definition) is 4. The number of para-hydroxylation sites is 1. The van der Waals surface area contributed by atoms with Gasteiger partial charge in [0.15, 0.2) is 6.61 Å². The summed E-state index contributed by atoms with van der Waals surface area (Å²) in [5.74, 6) is -0.859. The van der Waals surface area contributed by atoms with Gasteiger partial charge in [0, 0.05) is 12.7 Å². The second kappa shape index (κ2) is 12.6. The van der Waals surface area contributed by atoms with Gasteiger partial charge in [0.05, 0.1) is 17.3 Å². The molecule has 0 aliphatic heterocycles. The number of hydrogen-bond donors (Lipinski definition) is 1. The van der Waals surface area contributed by atoms with Gasteiger partial charge in [-0.2, -0.15) is 0 Å². The Morgan fingerprint density at radius 1 is 0.919 bits per heavy atom. The highest BCUT2D eigenvalue weighted by atomic mass is 35.5. The molecule has 1 aromatic heterocycles. The van der Waals surface area contributed by atoms with Crippen LogP contribution >= 0.6 is 11.6 Å². The van der Waals surface area contributed by atoms with Crippen LogP contribution in [0.1, 0.15) is 22.9 Å². The van der Waals surface area contributed by atoms with Crippen molar-refractivity contribution in [2.45, 2.75) is 19.1 Å². The summed E-state index contributed by atoms with van der Waals surface area (Å²) in [5, 5.41) is 3.26. The second-order valence-electron chi connectivity index (χ2n) is 8.22. The van der Waals surface area contributed by atoms with Crippen molar-refractivity contribution in [3.63, 3.8) is 0 Å². The van der Waals surface area contributed by atoms with Crippen LogP contribution in [-0.4, -0.2) is 28.3 Å². The van der Waals surface area contributed by atoms with E-state index in [4.69, 9.17) is 16.3 Å². The molecule has 8 heteroatoms. The summed E-state index contributed by atoms with van der Waals surface area (Å²) < 4.78 is 19.3. The van der Waals surface area contributed by atoms with E-state index in [1.807, 2.05) is 12.1 Å². The molecule has 188 valence electrons. The Morgan fingerprint density at radius 3 is 2.32 bits per heavy atom. The number of ether oxygens (including phenoxy) is 1. The van der Waals surface area contributed by atoms with Crippen LogP contribution in [-0.2, 0) is 22.7 Å². The van der Waals surface area contributed by atoms with Crippen molar-refractivity contribution in [1.29, 1.82) is 0 Å². The van der Waals surface area contributed by atoms with Crippen LogP contribution in [0.3, 0.4) is 0 Å². The summed E-state index contributed by atoms with van der Waals surface area (Å²) in [7, 11) is 0. The molecule has 0 spiro atoms. The van der Waals surface area contributed by atoms with Crippen LogP contribution in [0.4, 0.5) is 4.39 Å². The summed E-state index contributed by atoms with van der Waals surface area (Å²) in [4.78, 5) is 32.8. The van der Waals surface area contributed by atoms with Gasteiger partial charge in [0.2, 0.25) is 5.91 Å². The van der Waals surface area contributed by atoms with Gasteiger partial charge >= 0.3 is 0 Å². The number of amides is 2. The van der Waals surface area contributed by atoms with E-state index in [1.165, 1.54) is 17.0 Å². The smallest absolute Gasteiger partial charge is 0.261 e. The van der Waals surface area contributed by atoms with Crippen molar-refractivity contribution >= 4 is 23.4 Å². The SMILES string of the molecule is O=C(NCc1ccccn1)C(c1ccccc1)N(Cc1ccc(F)cc1)C(=O)COc1ccccc1Cl. The van der Waals surface area contributed by atoms with Gasteiger partial charge in [-0.1, -0.05) is 72.3 Å². The molecular weight excluding hydrogens is 493 g/mol. The van der Waals surface area contributed by atoms with E-state index >= 15 is 0 Å². The third-order valence-electron chi connectivity index (χ3n) is 5.62. The molecule has 0 saturated carbocycles. The third kappa shape index (κ3) is 7.15. The maximum absolute atomic E-state index is 13.6. The molecule has 1 N–H and O–H groups in total. The van der Waals surface area contributed by atoms with Crippen molar-refractivity contribution in [3.05, 3.63) is 131 Å². The number of rotatable bonds is 10. The zero-order valence-electron chi connectivity index (χ0n) is 19.9. The van der Waals surface area contributed by atoms with E-state index in [2.05, 4.69) is 10.3 Å². The molecule has 0 aliphatic carbocycles. The van der Waals surface area contributed by atoms with Gasteiger partial charge in [0.1, 0.15) is 17.6 Å². The standard InChI is InChI=1S/C29H25ClFN3O3/c30-25-11-4-5-12-26(25)37-20-27(35)34(19-21-13-15-23(31)16-14-21)28(22-8-2-1-3-9-22)29(36)33-18-24-10-6-7-17-32-24/h1-17,28H,18-20H2,(H,33,36). The number of aromatic nitrogens is 1. The molecule has 1 heterocycles. The number of pyridine rings is 1. The first-order valence-corrected chi connectivity index (χ1v) is 12.0. The number of carbonyl (C=O) groups is 2. The Balaban J connectivity index is 1.63. The fourth-order valence-corrected chi connectivity index (χ4v) is 3.97. The van der Waals surface area contributed by atoms with Gasteiger partial charge in [-0.15, -0.1) is 0 Å². The molecule has 4 rings (SSSR count). The first kappa shape index (κ1) is 25.9. The molecular formula is C29H25ClFN3O3. The predicted octanol–water partition coefficient (Wildman–Crippen LogP) is 5.34. The third-order valence-corrected chi connectivity index (χ3v) is 5.93. The maximum Gasteiger partial charge on any atom is 0.261 e. The lowest BCUT2D eigenvalue weighted by atomic mass is 10.0. The second-order valence-corrected chi connectivity index (χ2v) is 8.63. The van der Waals surface area contributed by atoms with E-state index in [-0.39, 0.29) is 25.6 Å². The summed E-state index contributed by atoms with van der Waals surface area (Å²) in [5.41, 5.74) is 1.96. The molecule has 6 nitrogen and oxygen atoms in total. The minimum Gasteiger partial charge on any atom is -0.482 e. The molecule has 0 aliphatic rings. The van der Waals surface area contributed by atoms with Gasteiger partial charge in [-0.05, 0) is 47.5 Å². The van der Waals surface area contributed by atoms with Crippen molar-refractivity contribution in [2.24, 2.45) is 0 Å². The first-order valence-electron chi connectivity index (χ1n) is 11.6. The molecule has 2 amide bonds. The molecule has 0 bridgehead atoms. The summed E-state index contributed by atoms with van der Waals surface area (Å²) >= 11 is 6.18. The lowest BCUT2D eigenvalue weighted by Crippen LogP contribution is -2.45. The molecule has 1 atom stereocenters. The topological polar surface area (TPSA) is 71.5 Å². The van der Waals surface area contributed by atoms with Gasteiger partial charge in [-0.25, -0.2) is 4.39 Å². The average Bonchev–Trinajstić information content (AvgIpc) is 2.93. The Labute approximate surface area is 219 Å².